The van der Waals surface area contributed by atoms with Gasteiger partial charge in [0.05, 0.1) is 6.61 Å². The lowest BCUT2D eigenvalue weighted by molar-refractivity contribution is -0.117. The molecule has 1 aromatic carbocycles. The Morgan fingerprint density at radius 1 is 1.29 bits per heavy atom. The Balaban J connectivity index is 1.47. The third-order valence-electron chi connectivity index (χ3n) is 5.13. The normalized spacial score (nSPS) is 25.7. The van der Waals surface area contributed by atoms with Gasteiger partial charge in [0.25, 0.3) is 0 Å². The lowest BCUT2D eigenvalue weighted by Crippen LogP contribution is -2.39. The van der Waals surface area contributed by atoms with Gasteiger partial charge in [-0.1, -0.05) is 19.9 Å². The molecule has 2 bridgehead atoms. The molecule has 4 nitrogen and oxygen atoms in total. The number of carbonyl (C=O) groups is 1. The summed E-state index contributed by atoms with van der Waals surface area (Å²) in [4.78, 5) is 12.4. The molecule has 0 aliphatic carbocycles. The molecule has 2 aliphatic rings. The van der Waals surface area contributed by atoms with Crippen LogP contribution in [0.2, 0.25) is 0 Å². The summed E-state index contributed by atoms with van der Waals surface area (Å²) in [7, 11) is 0. The van der Waals surface area contributed by atoms with Crippen molar-refractivity contribution in [2.45, 2.75) is 64.5 Å². The molecule has 2 N–H and O–H groups in total. The van der Waals surface area contributed by atoms with E-state index in [4.69, 9.17) is 4.74 Å². The van der Waals surface area contributed by atoms with Gasteiger partial charge in [-0.2, -0.15) is 0 Å². The number of carbonyl (C=O) groups excluding carboxylic acids is 1. The second kappa shape index (κ2) is 8.02. The number of hydrogen-bond donors (Lipinski definition) is 2. The number of amides is 1. The maximum atomic E-state index is 12.4. The van der Waals surface area contributed by atoms with Gasteiger partial charge in [0.2, 0.25) is 5.91 Å². The molecule has 132 valence electrons. The van der Waals surface area contributed by atoms with E-state index in [-0.39, 0.29) is 5.91 Å². The van der Waals surface area contributed by atoms with Crippen LogP contribution in [0, 0.1) is 11.8 Å². The minimum atomic E-state index is 0.126. The molecule has 2 aliphatic heterocycles. The maximum Gasteiger partial charge on any atom is 0.224 e. The second-order valence-corrected chi connectivity index (χ2v) is 7.79. The molecule has 2 heterocycles. The van der Waals surface area contributed by atoms with Gasteiger partial charge in [-0.05, 0) is 56.1 Å². The maximum absolute atomic E-state index is 12.4. The van der Waals surface area contributed by atoms with Crippen molar-refractivity contribution in [2.75, 3.05) is 11.9 Å². The molecule has 24 heavy (non-hydrogen) atoms. The predicted molar refractivity (Wildman–Crippen MR) is 97.3 cm³/mol. The Bertz CT molecular complexity index is 546. The summed E-state index contributed by atoms with van der Waals surface area (Å²) >= 11 is 0. The number of rotatable bonds is 7. The Kier molecular flexibility index (Phi) is 5.77. The summed E-state index contributed by atoms with van der Waals surface area (Å²) < 4.78 is 5.77. The fourth-order valence-electron chi connectivity index (χ4n) is 3.89. The average Bonchev–Trinajstić information content (AvgIpc) is 2.86. The highest BCUT2D eigenvalue weighted by atomic mass is 16.5. The number of anilines is 1. The molecular weight excluding hydrogens is 300 g/mol. The van der Waals surface area contributed by atoms with E-state index in [1.54, 1.807) is 0 Å². The quantitative estimate of drug-likeness (QED) is 0.795. The first kappa shape index (κ1) is 17.3. The van der Waals surface area contributed by atoms with Crippen molar-refractivity contribution in [2.24, 2.45) is 11.8 Å². The first-order valence-corrected chi connectivity index (χ1v) is 9.37. The highest BCUT2D eigenvalue weighted by Crippen LogP contribution is 2.32. The zero-order valence-corrected chi connectivity index (χ0v) is 14.9. The molecule has 1 amide bonds. The first-order valence-electron chi connectivity index (χ1n) is 9.37. The van der Waals surface area contributed by atoms with Crippen molar-refractivity contribution in [1.29, 1.82) is 0 Å². The summed E-state index contributed by atoms with van der Waals surface area (Å²) in [5.41, 5.74) is 0.832. The van der Waals surface area contributed by atoms with E-state index < -0.39 is 0 Å². The van der Waals surface area contributed by atoms with Crippen LogP contribution in [0.1, 0.15) is 52.4 Å². The monoisotopic (exact) mass is 330 g/mol. The average molecular weight is 330 g/mol. The minimum Gasteiger partial charge on any atom is -0.494 e. The molecule has 0 radical (unpaired) electrons. The standard InChI is InChI=1S/C20H30N2O2/c1-14(2)8-9-24-19-5-3-4-16(13-19)22-20(23)12-15-10-17-6-7-18(11-15)21-17/h3-5,13-15,17-18,21H,6-12H2,1-2H3,(H,22,23). The van der Waals surface area contributed by atoms with Crippen molar-refractivity contribution in [3.8, 4) is 5.75 Å². The molecule has 2 unspecified atom stereocenters. The van der Waals surface area contributed by atoms with Gasteiger partial charge in [-0.25, -0.2) is 0 Å². The van der Waals surface area contributed by atoms with E-state index in [0.29, 0.717) is 36.9 Å². The van der Waals surface area contributed by atoms with E-state index >= 15 is 0 Å². The van der Waals surface area contributed by atoms with E-state index in [1.165, 1.54) is 12.8 Å². The molecule has 0 aromatic heterocycles. The molecular formula is C20H30N2O2. The van der Waals surface area contributed by atoms with Crippen LogP contribution in [0.3, 0.4) is 0 Å². The fourth-order valence-corrected chi connectivity index (χ4v) is 3.89. The van der Waals surface area contributed by atoms with Crippen molar-refractivity contribution >= 4 is 11.6 Å². The van der Waals surface area contributed by atoms with Gasteiger partial charge in [0, 0.05) is 30.3 Å². The van der Waals surface area contributed by atoms with Gasteiger partial charge in [-0.15, -0.1) is 0 Å². The van der Waals surface area contributed by atoms with Crippen LogP contribution in [0.4, 0.5) is 5.69 Å². The Morgan fingerprint density at radius 3 is 2.75 bits per heavy atom. The van der Waals surface area contributed by atoms with Crippen LogP contribution < -0.4 is 15.4 Å². The molecule has 2 atom stereocenters. The van der Waals surface area contributed by atoms with Crippen LogP contribution in [-0.2, 0) is 4.79 Å². The van der Waals surface area contributed by atoms with Crippen LogP contribution in [0.5, 0.6) is 5.75 Å². The zero-order chi connectivity index (χ0) is 16.9. The van der Waals surface area contributed by atoms with Crippen molar-refractivity contribution < 1.29 is 9.53 Å². The summed E-state index contributed by atoms with van der Waals surface area (Å²) in [6.07, 6.45) is 6.50. The van der Waals surface area contributed by atoms with Crippen molar-refractivity contribution in [3.05, 3.63) is 24.3 Å². The van der Waals surface area contributed by atoms with E-state index in [2.05, 4.69) is 24.5 Å². The summed E-state index contributed by atoms with van der Waals surface area (Å²) in [5, 5.41) is 6.67. The molecule has 2 fully saturated rings. The minimum absolute atomic E-state index is 0.126. The lowest BCUT2D eigenvalue weighted by atomic mass is 9.89. The molecule has 3 rings (SSSR count). The Labute approximate surface area is 145 Å². The predicted octanol–water partition coefficient (Wildman–Crippen LogP) is 3.97. The van der Waals surface area contributed by atoms with Gasteiger partial charge >= 0.3 is 0 Å². The number of benzene rings is 1. The summed E-state index contributed by atoms with van der Waals surface area (Å²) in [6, 6.07) is 9.01. The Hall–Kier alpha value is -1.55. The Morgan fingerprint density at radius 2 is 2.04 bits per heavy atom. The van der Waals surface area contributed by atoms with Crippen LogP contribution in [0.15, 0.2) is 24.3 Å². The number of ether oxygens (including phenoxy) is 1. The molecule has 0 spiro atoms. The molecule has 2 saturated heterocycles. The van der Waals surface area contributed by atoms with Gasteiger partial charge < -0.3 is 15.4 Å². The number of fused-ring (bicyclic) bond motifs is 2. The third kappa shape index (κ3) is 4.97. The smallest absolute Gasteiger partial charge is 0.224 e. The third-order valence-corrected chi connectivity index (χ3v) is 5.13. The summed E-state index contributed by atoms with van der Waals surface area (Å²) in [6.45, 7) is 5.09. The van der Waals surface area contributed by atoms with E-state index in [1.807, 2.05) is 24.3 Å². The highest BCUT2D eigenvalue weighted by molar-refractivity contribution is 5.91. The van der Waals surface area contributed by atoms with Crippen LogP contribution >= 0.6 is 0 Å². The van der Waals surface area contributed by atoms with Crippen LogP contribution in [-0.4, -0.2) is 24.6 Å². The number of nitrogens with one attached hydrogen (secondary N) is 2. The van der Waals surface area contributed by atoms with E-state index in [9.17, 15) is 4.79 Å². The van der Waals surface area contributed by atoms with Gasteiger partial charge in [0.1, 0.15) is 5.75 Å². The molecule has 4 heteroatoms. The summed E-state index contributed by atoms with van der Waals surface area (Å²) in [5.74, 6) is 2.11. The number of piperidine rings is 1. The van der Waals surface area contributed by atoms with Crippen molar-refractivity contribution in [1.82, 2.24) is 5.32 Å². The van der Waals surface area contributed by atoms with E-state index in [0.717, 1.165) is 30.7 Å². The zero-order valence-electron chi connectivity index (χ0n) is 14.9. The second-order valence-electron chi connectivity index (χ2n) is 7.79. The van der Waals surface area contributed by atoms with Crippen molar-refractivity contribution in [3.63, 3.8) is 0 Å². The first-order chi connectivity index (χ1) is 11.6. The van der Waals surface area contributed by atoms with Gasteiger partial charge in [-0.3, -0.25) is 4.79 Å². The SMILES string of the molecule is CC(C)CCOc1cccc(NC(=O)CC2CC3CCC(C2)N3)c1. The largest absolute Gasteiger partial charge is 0.494 e. The number of hydrogen-bond acceptors (Lipinski definition) is 3. The van der Waals surface area contributed by atoms with Gasteiger partial charge in [0.15, 0.2) is 0 Å². The molecule has 1 aromatic rings. The fraction of sp³-hybridized carbons (Fsp3) is 0.650. The lowest BCUT2D eigenvalue weighted by Gasteiger charge is -2.28. The highest BCUT2D eigenvalue weighted by Gasteiger charge is 2.34. The topological polar surface area (TPSA) is 50.4 Å². The van der Waals surface area contributed by atoms with Crippen LogP contribution in [0.25, 0.3) is 0 Å². The molecule has 0 saturated carbocycles.